The second kappa shape index (κ2) is 22.1. The Kier molecular flexibility index (Phi) is 18.8. The van der Waals surface area contributed by atoms with E-state index in [1.165, 1.54) is 13.8 Å². The minimum Gasteiger partial charge on any atom is -0.356 e. The Hall–Kier alpha value is -4.53. The number of ketones is 1. The number of urea groups is 1. The Bertz CT molecular complexity index is 1110. The summed E-state index contributed by atoms with van der Waals surface area (Å²) < 4.78 is 0. The number of hydroxylamine groups is 1. The fourth-order valence-electron chi connectivity index (χ4n) is 3.81. The maximum absolute atomic E-state index is 13.0. The van der Waals surface area contributed by atoms with Gasteiger partial charge in [-0.2, -0.15) is 0 Å². The van der Waals surface area contributed by atoms with Crippen LogP contribution in [0.4, 0.5) is 10.5 Å². The fraction of sp³-hybridized carbons (Fsp3) is 0.552. The molecule has 0 bridgehead atoms. The first-order valence-corrected chi connectivity index (χ1v) is 14.6. The van der Waals surface area contributed by atoms with Crippen LogP contribution in [0.3, 0.4) is 0 Å². The van der Waals surface area contributed by atoms with Crippen LogP contribution in [0.1, 0.15) is 77.2 Å². The molecule has 0 saturated heterocycles. The number of nitrogens with two attached hydrogens (primary N) is 1. The van der Waals surface area contributed by atoms with Crippen LogP contribution < -0.4 is 37.8 Å². The molecule has 1 aromatic rings. The van der Waals surface area contributed by atoms with Gasteiger partial charge in [-0.1, -0.05) is 18.6 Å². The van der Waals surface area contributed by atoms with E-state index in [2.05, 4.69) is 32.1 Å². The fourth-order valence-corrected chi connectivity index (χ4v) is 3.81. The van der Waals surface area contributed by atoms with Gasteiger partial charge in [0.2, 0.25) is 29.5 Å². The first-order valence-electron chi connectivity index (χ1n) is 14.6. The predicted octanol–water partition coefficient (Wildman–Crippen LogP) is 0.678. The minimum absolute atomic E-state index is 0.0263. The largest absolute Gasteiger partial charge is 0.356 e. The molecule has 0 fully saturated rings. The van der Waals surface area contributed by atoms with E-state index in [9.17, 15) is 33.6 Å². The van der Waals surface area contributed by atoms with Crippen molar-refractivity contribution in [3.63, 3.8) is 0 Å². The van der Waals surface area contributed by atoms with Gasteiger partial charge in [0.1, 0.15) is 11.8 Å². The Balaban J connectivity index is 2.52. The van der Waals surface area contributed by atoms with E-state index in [1.54, 1.807) is 24.3 Å². The monoisotopic (exact) mass is 619 g/mol. The van der Waals surface area contributed by atoms with Crippen LogP contribution in [-0.4, -0.2) is 67.0 Å². The number of amides is 7. The number of benzene rings is 1. The van der Waals surface area contributed by atoms with Crippen molar-refractivity contribution >= 4 is 47.0 Å². The average Bonchev–Trinajstić information content (AvgIpc) is 2.95. The summed E-state index contributed by atoms with van der Waals surface area (Å²) in [5.74, 6) is -1.82. The van der Waals surface area contributed by atoms with Gasteiger partial charge in [-0.15, -0.1) is 0 Å². The Labute approximate surface area is 257 Å². The van der Waals surface area contributed by atoms with Gasteiger partial charge in [0.25, 0.3) is 0 Å². The zero-order valence-corrected chi connectivity index (χ0v) is 25.4. The molecule has 1 aromatic carbocycles. The summed E-state index contributed by atoms with van der Waals surface area (Å²) in [5, 5.41) is 12.9. The van der Waals surface area contributed by atoms with Crippen LogP contribution in [0.15, 0.2) is 24.3 Å². The maximum Gasteiger partial charge on any atom is 0.312 e. The normalized spacial score (nSPS) is 11.0. The first kappa shape index (κ1) is 37.5. The van der Waals surface area contributed by atoms with Crippen LogP contribution >= 0.6 is 0 Å². The van der Waals surface area contributed by atoms with Crippen molar-refractivity contribution in [2.24, 2.45) is 5.73 Å². The van der Waals surface area contributed by atoms with Gasteiger partial charge in [0.05, 0.1) is 13.2 Å². The lowest BCUT2D eigenvalue weighted by Crippen LogP contribution is -2.47. The molecule has 7 amide bonds. The summed E-state index contributed by atoms with van der Waals surface area (Å²) in [6.07, 6.45) is 3.85. The summed E-state index contributed by atoms with van der Waals surface area (Å²) in [4.78, 5) is 87.3. The second-order valence-corrected chi connectivity index (χ2v) is 10.2. The first-order chi connectivity index (χ1) is 21.0. The van der Waals surface area contributed by atoms with Crippen LogP contribution in [0.2, 0.25) is 0 Å². The second-order valence-electron chi connectivity index (χ2n) is 10.2. The Morgan fingerprint density at radius 1 is 0.750 bits per heavy atom. The van der Waals surface area contributed by atoms with E-state index in [1.807, 2.05) is 0 Å². The minimum atomic E-state index is -0.963. The van der Waals surface area contributed by atoms with E-state index in [0.717, 1.165) is 18.4 Å². The molecule has 0 aliphatic carbocycles. The number of rotatable bonds is 22. The smallest absolute Gasteiger partial charge is 0.312 e. The number of nitrogens with one attached hydrogen (secondary N) is 6. The van der Waals surface area contributed by atoms with Crippen molar-refractivity contribution in [2.45, 2.75) is 84.3 Å². The molecule has 0 aliphatic rings. The van der Waals surface area contributed by atoms with Gasteiger partial charge < -0.3 is 37.1 Å². The lowest BCUT2D eigenvalue weighted by molar-refractivity contribution is -0.134. The number of carbonyl (C=O) groups is 7. The summed E-state index contributed by atoms with van der Waals surface area (Å²) in [6, 6.07) is 5.02. The Morgan fingerprint density at radius 2 is 1.43 bits per heavy atom. The predicted molar refractivity (Wildman–Crippen MR) is 161 cm³/mol. The highest BCUT2D eigenvalue weighted by Gasteiger charge is 2.21. The zero-order valence-electron chi connectivity index (χ0n) is 25.4. The van der Waals surface area contributed by atoms with Crippen molar-refractivity contribution < 1.29 is 38.4 Å². The van der Waals surface area contributed by atoms with Crippen molar-refractivity contribution in [3.05, 3.63) is 29.8 Å². The van der Waals surface area contributed by atoms with Gasteiger partial charge in [0.15, 0.2) is 0 Å². The van der Waals surface area contributed by atoms with E-state index in [0.29, 0.717) is 37.9 Å². The highest BCUT2D eigenvalue weighted by molar-refractivity contribution is 5.97. The lowest BCUT2D eigenvalue weighted by atomic mass is 10.1. The molecule has 15 nitrogen and oxygen atoms in total. The SMILES string of the molecule is CC(=O)CCCC(=O)NCC(=O)N[C@@H](CCCNC(N)=O)C(=O)Nc1ccc(CONC(=O)CCCCCNC(C)=O)cc1. The molecule has 0 heterocycles. The maximum atomic E-state index is 13.0. The molecule has 0 saturated carbocycles. The molecule has 244 valence electrons. The molecule has 0 spiro atoms. The molecule has 0 unspecified atom stereocenters. The summed E-state index contributed by atoms with van der Waals surface area (Å²) in [5.41, 5.74) is 8.65. The number of anilines is 1. The van der Waals surface area contributed by atoms with E-state index in [4.69, 9.17) is 10.6 Å². The van der Waals surface area contributed by atoms with Crippen molar-refractivity contribution in [1.29, 1.82) is 0 Å². The molecule has 1 atom stereocenters. The topological polar surface area (TPSA) is 227 Å². The summed E-state index contributed by atoms with van der Waals surface area (Å²) in [6.45, 7) is 3.44. The molecule has 44 heavy (non-hydrogen) atoms. The van der Waals surface area contributed by atoms with E-state index in [-0.39, 0.29) is 62.5 Å². The van der Waals surface area contributed by atoms with Gasteiger partial charge in [0, 0.05) is 45.0 Å². The third-order valence-corrected chi connectivity index (χ3v) is 6.10. The molecule has 1 rings (SSSR count). The number of carbonyl (C=O) groups excluding carboxylic acids is 7. The van der Waals surface area contributed by atoms with Crippen LogP contribution in [0.25, 0.3) is 0 Å². The highest BCUT2D eigenvalue weighted by atomic mass is 16.6. The van der Waals surface area contributed by atoms with Crippen LogP contribution in [0, 0.1) is 0 Å². The number of hydrogen-bond acceptors (Lipinski definition) is 8. The Morgan fingerprint density at radius 3 is 2.09 bits per heavy atom. The standard InChI is InChI=1S/C29H45N7O8/c1-20(37)8-6-11-25(39)33-18-27(41)35-24(9-7-17-32-29(30)43)28(42)34-23-14-12-22(13-15-23)19-44-36-26(40)10-4-3-5-16-31-21(2)38/h12-15,24H,3-11,16-19H2,1-2H3,(H,31,38)(H,33,39)(H,34,42)(H,35,41)(H,36,40)(H3,30,32,43)/t24-/m0/s1. The van der Waals surface area contributed by atoms with Crippen molar-refractivity contribution in [1.82, 2.24) is 26.7 Å². The number of primary amides is 1. The molecule has 0 radical (unpaired) electrons. The van der Waals surface area contributed by atoms with Gasteiger partial charge >= 0.3 is 6.03 Å². The van der Waals surface area contributed by atoms with E-state index >= 15 is 0 Å². The molecule has 0 aromatic heterocycles. The van der Waals surface area contributed by atoms with Crippen LogP contribution in [0.5, 0.6) is 0 Å². The van der Waals surface area contributed by atoms with Crippen molar-refractivity contribution in [2.75, 3.05) is 25.0 Å². The van der Waals surface area contributed by atoms with Gasteiger partial charge in [-0.05, 0) is 56.7 Å². The molecule has 8 N–H and O–H groups in total. The van der Waals surface area contributed by atoms with Crippen molar-refractivity contribution in [3.8, 4) is 0 Å². The molecule has 15 heteroatoms. The quantitative estimate of drug-likeness (QED) is 0.0719. The summed E-state index contributed by atoms with van der Waals surface area (Å²) >= 11 is 0. The highest BCUT2D eigenvalue weighted by Crippen LogP contribution is 2.12. The number of unbranched alkanes of at least 4 members (excludes halogenated alkanes) is 2. The van der Waals surface area contributed by atoms with Crippen LogP contribution in [-0.2, 0) is 40.2 Å². The molecule has 0 aliphatic heterocycles. The summed E-state index contributed by atoms with van der Waals surface area (Å²) in [7, 11) is 0. The van der Waals surface area contributed by atoms with Gasteiger partial charge in [-0.25, -0.2) is 10.3 Å². The lowest BCUT2D eigenvalue weighted by Gasteiger charge is -2.19. The average molecular weight is 620 g/mol. The molecular formula is C29H45N7O8. The van der Waals surface area contributed by atoms with E-state index < -0.39 is 23.9 Å². The van der Waals surface area contributed by atoms with Gasteiger partial charge in [-0.3, -0.25) is 28.8 Å². The number of hydrogen-bond donors (Lipinski definition) is 7. The number of Topliss-reactive ketones (excluding diaryl/α,β-unsaturated/α-hetero) is 1. The third kappa shape index (κ3) is 19.6. The zero-order chi connectivity index (χ0) is 32.7. The third-order valence-electron chi connectivity index (χ3n) is 6.10. The molecular weight excluding hydrogens is 574 g/mol.